The Labute approximate surface area is 161 Å². The number of carbonyl (C=O) groups excluding carboxylic acids is 5. The molecule has 9 nitrogen and oxygen atoms in total. The second-order valence-corrected chi connectivity index (χ2v) is 5.99. The molecule has 148 valence electrons. The van der Waals surface area contributed by atoms with Crippen molar-refractivity contribution in [1.29, 1.82) is 0 Å². The first kappa shape index (κ1) is 20.8. The molecule has 1 N–H and O–H groups in total. The van der Waals surface area contributed by atoms with Crippen molar-refractivity contribution < 1.29 is 28.7 Å². The molecule has 0 spiro atoms. The van der Waals surface area contributed by atoms with E-state index in [0.29, 0.717) is 27.7 Å². The highest BCUT2D eigenvalue weighted by Crippen LogP contribution is 2.14. The number of ether oxygens (including phenoxy) is 1. The predicted octanol–water partition coefficient (Wildman–Crippen LogP) is 1.56. The number of hydrogen-bond donors (Lipinski definition) is 1. The third-order valence-electron chi connectivity index (χ3n) is 3.88. The molecule has 0 bridgehead atoms. The van der Waals surface area contributed by atoms with Gasteiger partial charge in [0.15, 0.2) is 0 Å². The van der Waals surface area contributed by atoms with Gasteiger partial charge in [-0.1, -0.05) is 19.4 Å². The van der Waals surface area contributed by atoms with Gasteiger partial charge < -0.3 is 10.1 Å². The zero-order valence-electron chi connectivity index (χ0n) is 15.5. The smallest absolute Gasteiger partial charge is 0.338 e. The van der Waals surface area contributed by atoms with E-state index in [1.54, 1.807) is 0 Å². The first-order valence-corrected chi connectivity index (χ1v) is 8.74. The minimum Gasteiger partial charge on any atom is -0.462 e. The summed E-state index contributed by atoms with van der Waals surface area (Å²) >= 11 is 0. The van der Waals surface area contributed by atoms with Gasteiger partial charge in [-0.05, 0) is 30.7 Å². The SMILES string of the molecule is C=CCN1C(=O)C(=O)N(CC(=O)Nc2ccc(C(=O)OCCCC)cc2)C1=O. The standard InChI is InChI=1S/C19H21N3O6/c1-3-5-11-28-18(26)13-6-8-14(9-7-13)20-15(23)12-22-17(25)16(24)21(10-4-2)19(22)27/h4,6-9H,2-3,5,10-12H2,1H3,(H,20,23). The van der Waals surface area contributed by atoms with E-state index in [1.807, 2.05) is 6.92 Å². The summed E-state index contributed by atoms with van der Waals surface area (Å²) in [6.07, 6.45) is 3.00. The molecule has 0 atom stereocenters. The third-order valence-corrected chi connectivity index (χ3v) is 3.88. The maximum absolute atomic E-state index is 12.1. The molecule has 0 unspecified atom stereocenters. The van der Waals surface area contributed by atoms with Gasteiger partial charge >= 0.3 is 23.8 Å². The Balaban J connectivity index is 1.93. The number of rotatable bonds is 9. The van der Waals surface area contributed by atoms with Crippen molar-refractivity contribution in [3.63, 3.8) is 0 Å². The molecular weight excluding hydrogens is 366 g/mol. The monoisotopic (exact) mass is 387 g/mol. The fraction of sp³-hybridized carbons (Fsp3) is 0.316. The summed E-state index contributed by atoms with van der Waals surface area (Å²) in [5.74, 6) is -3.18. The number of amides is 5. The van der Waals surface area contributed by atoms with Gasteiger partial charge in [-0.2, -0.15) is 0 Å². The van der Waals surface area contributed by atoms with Gasteiger partial charge in [0.2, 0.25) is 5.91 Å². The van der Waals surface area contributed by atoms with Crippen LogP contribution in [0.3, 0.4) is 0 Å². The van der Waals surface area contributed by atoms with Crippen LogP contribution >= 0.6 is 0 Å². The van der Waals surface area contributed by atoms with E-state index in [2.05, 4.69) is 11.9 Å². The first-order chi connectivity index (χ1) is 13.4. The lowest BCUT2D eigenvalue weighted by Gasteiger charge is -2.14. The number of imide groups is 2. The van der Waals surface area contributed by atoms with E-state index >= 15 is 0 Å². The number of anilines is 1. The molecule has 1 fully saturated rings. The lowest BCUT2D eigenvalue weighted by atomic mass is 10.2. The molecule has 28 heavy (non-hydrogen) atoms. The van der Waals surface area contributed by atoms with Gasteiger partial charge in [-0.15, -0.1) is 6.58 Å². The van der Waals surface area contributed by atoms with Gasteiger partial charge in [0.05, 0.1) is 12.2 Å². The molecule has 1 aliphatic rings. The summed E-state index contributed by atoms with van der Waals surface area (Å²) in [5, 5.41) is 2.50. The second-order valence-electron chi connectivity index (χ2n) is 5.99. The van der Waals surface area contributed by atoms with Crippen molar-refractivity contribution in [1.82, 2.24) is 9.80 Å². The van der Waals surface area contributed by atoms with E-state index in [0.717, 1.165) is 12.8 Å². The summed E-state index contributed by atoms with van der Waals surface area (Å²) in [6.45, 7) is 5.03. The summed E-state index contributed by atoms with van der Waals surface area (Å²) in [4.78, 5) is 60.9. The topological polar surface area (TPSA) is 113 Å². The number of unbranched alkanes of at least 4 members (excludes halogenated alkanes) is 1. The van der Waals surface area contributed by atoms with Crippen LogP contribution in [-0.4, -0.2) is 59.2 Å². The van der Waals surface area contributed by atoms with Crippen LogP contribution < -0.4 is 5.32 Å². The van der Waals surface area contributed by atoms with Crippen molar-refractivity contribution in [2.75, 3.05) is 25.0 Å². The minimum absolute atomic E-state index is 0.114. The molecular formula is C19H21N3O6. The lowest BCUT2D eigenvalue weighted by Crippen LogP contribution is -2.39. The number of benzene rings is 1. The van der Waals surface area contributed by atoms with Crippen LogP contribution in [0.5, 0.6) is 0 Å². The largest absolute Gasteiger partial charge is 0.462 e. The predicted molar refractivity (Wildman–Crippen MR) is 99.3 cm³/mol. The van der Waals surface area contributed by atoms with Crippen LogP contribution in [-0.2, 0) is 19.1 Å². The Morgan fingerprint density at radius 3 is 2.36 bits per heavy atom. The number of nitrogens with one attached hydrogen (secondary N) is 1. The fourth-order valence-corrected chi connectivity index (χ4v) is 2.41. The van der Waals surface area contributed by atoms with E-state index in [-0.39, 0.29) is 6.54 Å². The second kappa shape index (κ2) is 9.45. The van der Waals surface area contributed by atoms with E-state index in [9.17, 15) is 24.0 Å². The van der Waals surface area contributed by atoms with E-state index in [1.165, 1.54) is 30.3 Å². The first-order valence-electron chi connectivity index (χ1n) is 8.74. The molecule has 5 amide bonds. The maximum atomic E-state index is 12.1. The molecule has 0 radical (unpaired) electrons. The molecule has 1 saturated heterocycles. The van der Waals surface area contributed by atoms with Crippen LogP contribution in [0.2, 0.25) is 0 Å². The highest BCUT2D eigenvalue weighted by atomic mass is 16.5. The highest BCUT2D eigenvalue weighted by Gasteiger charge is 2.44. The molecule has 0 saturated carbocycles. The number of carbonyl (C=O) groups is 5. The molecule has 1 aromatic rings. The van der Waals surface area contributed by atoms with Crippen molar-refractivity contribution >= 4 is 35.4 Å². The van der Waals surface area contributed by atoms with Crippen molar-refractivity contribution in [3.8, 4) is 0 Å². The van der Waals surface area contributed by atoms with Crippen LogP contribution in [0.15, 0.2) is 36.9 Å². The Morgan fingerprint density at radius 2 is 1.75 bits per heavy atom. The van der Waals surface area contributed by atoms with E-state index < -0.39 is 36.3 Å². The summed E-state index contributed by atoms with van der Waals surface area (Å²) < 4.78 is 5.09. The van der Waals surface area contributed by atoms with E-state index in [4.69, 9.17) is 4.74 Å². The Hall–Kier alpha value is -3.49. The number of esters is 1. The van der Waals surface area contributed by atoms with Crippen molar-refractivity contribution in [2.24, 2.45) is 0 Å². The van der Waals surface area contributed by atoms with Crippen LogP contribution in [0, 0.1) is 0 Å². The molecule has 1 aromatic carbocycles. The lowest BCUT2D eigenvalue weighted by molar-refractivity contribution is -0.143. The average Bonchev–Trinajstić information content (AvgIpc) is 2.87. The molecule has 0 aromatic heterocycles. The Bertz CT molecular complexity index is 802. The molecule has 0 aliphatic carbocycles. The highest BCUT2D eigenvalue weighted by molar-refractivity contribution is 6.45. The molecule has 1 heterocycles. The van der Waals surface area contributed by atoms with Crippen LogP contribution in [0.4, 0.5) is 10.5 Å². The maximum Gasteiger partial charge on any atom is 0.338 e. The summed E-state index contributed by atoms with van der Waals surface area (Å²) in [7, 11) is 0. The molecule has 9 heteroatoms. The minimum atomic E-state index is -1.06. The van der Waals surface area contributed by atoms with Crippen molar-refractivity contribution in [3.05, 3.63) is 42.5 Å². The zero-order valence-corrected chi connectivity index (χ0v) is 15.5. The summed E-state index contributed by atoms with van der Waals surface area (Å²) in [5.41, 5.74) is 0.702. The quantitative estimate of drug-likeness (QED) is 0.226. The van der Waals surface area contributed by atoms with Gasteiger partial charge in [0.1, 0.15) is 6.54 Å². The molecule has 2 rings (SSSR count). The normalized spacial score (nSPS) is 13.7. The van der Waals surface area contributed by atoms with Crippen LogP contribution in [0.25, 0.3) is 0 Å². The fourth-order valence-electron chi connectivity index (χ4n) is 2.41. The number of urea groups is 1. The Morgan fingerprint density at radius 1 is 1.11 bits per heavy atom. The van der Waals surface area contributed by atoms with Gasteiger partial charge in [-0.25, -0.2) is 14.5 Å². The third kappa shape index (κ3) is 4.81. The van der Waals surface area contributed by atoms with Crippen LogP contribution in [0.1, 0.15) is 30.1 Å². The van der Waals surface area contributed by atoms with Gasteiger partial charge in [0, 0.05) is 12.2 Å². The van der Waals surface area contributed by atoms with Crippen molar-refractivity contribution in [2.45, 2.75) is 19.8 Å². The molecule has 1 aliphatic heterocycles. The van der Waals surface area contributed by atoms with Gasteiger partial charge in [0.25, 0.3) is 0 Å². The average molecular weight is 387 g/mol. The number of hydrogen-bond acceptors (Lipinski definition) is 6. The zero-order chi connectivity index (χ0) is 20.7. The Kier molecular flexibility index (Phi) is 7.02. The summed E-state index contributed by atoms with van der Waals surface area (Å²) in [6, 6.07) is 5.11. The number of nitrogens with zero attached hydrogens (tertiary/aromatic N) is 2. The van der Waals surface area contributed by atoms with Gasteiger partial charge in [-0.3, -0.25) is 19.3 Å².